The maximum atomic E-state index is 10.5. The van der Waals surface area contributed by atoms with Gasteiger partial charge in [0, 0.05) is 0 Å². The minimum Gasteiger partial charge on any atom is -0.393 e. The molecule has 4 aliphatic rings. The van der Waals surface area contributed by atoms with Crippen molar-refractivity contribution in [3.8, 4) is 0 Å². The fraction of sp³-hybridized carbons (Fsp3) is 0.933. The molecular weight excluding hydrogens is 376 g/mol. The second-order valence-electron chi connectivity index (χ2n) is 13.2. The lowest BCUT2D eigenvalue weighted by Crippen LogP contribution is -2.51. The Kier molecular flexibility index (Phi) is 6.78. The van der Waals surface area contributed by atoms with Gasteiger partial charge in [-0.15, -0.1) is 0 Å². The van der Waals surface area contributed by atoms with Crippen LogP contribution in [0, 0.1) is 52.3 Å². The van der Waals surface area contributed by atoms with Gasteiger partial charge in [0.05, 0.1) is 6.10 Å². The molecule has 0 bridgehead atoms. The molecule has 1 heteroatoms. The Balaban J connectivity index is 1.53. The van der Waals surface area contributed by atoms with Crippen molar-refractivity contribution in [3.05, 3.63) is 11.1 Å². The molecule has 9 atom stereocenters. The number of fused-ring (bicyclic) bond motifs is 4. The molecular formula is C30H52O. The van der Waals surface area contributed by atoms with Crippen molar-refractivity contribution in [1.29, 1.82) is 0 Å². The van der Waals surface area contributed by atoms with Crippen molar-refractivity contribution in [3.63, 3.8) is 0 Å². The van der Waals surface area contributed by atoms with Crippen LogP contribution in [0.4, 0.5) is 0 Å². The summed E-state index contributed by atoms with van der Waals surface area (Å²) in [6.07, 6.45) is 14.7. The summed E-state index contributed by atoms with van der Waals surface area (Å²) in [7, 11) is 0. The highest BCUT2D eigenvalue weighted by Crippen LogP contribution is 2.66. The topological polar surface area (TPSA) is 20.2 Å². The Bertz CT molecular complexity index is 676. The van der Waals surface area contributed by atoms with Gasteiger partial charge in [-0.05, 0) is 110 Å². The third-order valence-corrected chi connectivity index (χ3v) is 11.7. The first kappa shape index (κ1) is 23.8. The van der Waals surface area contributed by atoms with E-state index in [-0.39, 0.29) is 6.10 Å². The summed E-state index contributed by atoms with van der Waals surface area (Å²) in [5.74, 6) is 5.53. The number of hydrogen-bond donors (Lipinski definition) is 1. The highest BCUT2D eigenvalue weighted by molar-refractivity contribution is 5.35. The molecule has 31 heavy (non-hydrogen) atoms. The van der Waals surface area contributed by atoms with Gasteiger partial charge in [-0.2, -0.15) is 0 Å². The van der Waals surface area contributed by atoms with Crippen LogP contribution in [0.3, 0.4) is 0 Å². The zero-order valence-corrected chi connectivity index (χ0v) is 21.8. The van der Waals surface area contributed by atoms with E-state index >= 15 is 0 Å². The van der Waals surface area contributed by atoms with Crippen molar-refractivity contribution in [2.75, 3.05) is 0 Å². The monoisotopic (exact) mass is 428 g/mol. The van der Waals surface area contributed by atoms with Gasteiger partial charge in [0.15, 0.2) is 0 Å². The Morgan fingerprint density at radius 2 is 1.71 bits per heavy atom. The molecule has 4 rings (SSSR count). The summed E-state index contributed by atoms with van der Waals surface area (Å²) in [5, 5.41) is 10.5. The Morgan fingerprint density at radius 1 is 0.968 bits per heavy atom. The maximum Gasteiger partial charge on any atom is 0.0568 e. The number of hydrogen-bond acceptors (Lipinski definition) is 1. The third kappa shape index (κ3) is 3.87. The number of aliphatic hydroxyl groups is 1. The summed E-state index contributed by atoms with van der Waals surface area (Å²) < 4.78 is 0. The molecule has 1 nitrogen and oxygen atoms in total. The Labute approximate surface area is 193 Å². The van der Waals surface area contributed by atoms with E-state index in [1.807, 2.05) is 11.1 Å². The van der Waals surface area contributed by atoms with Crippen LogP contribution < -0.4 is 0 Å². The quantitative estimate of drug-likeness (QED) is 0.421. The first-order chi connectivity index (χ1) is 14.6. The van der Waals surface area contributed by atoms with Crippen molar-refractivity contribution in [2.45, 2.75) is 125 Å². The lowest BCUT2D eigenvalue weighted by atomic mass is 9.47. The molecule has 0 saturated heterocycles. The van der Waals surface area contributed by atoms with Crippen molar-refractivity contribution >= 4 is 0 Å². The predicted molar refractivity (Wildman–Crippen MR) is 133 cm³/mol. The van der Waals surface area contributed by atoms with Gasteiger partial charge in [0.25, 0.3) is 0 Å². The highest BCUT2D eigenvalue weighted by atomic mass is 16.3. The van der Waals surface area contributed by atoms with E-state index in [0.29, 0.717) is 16.7 Å². The van der Waals surface area contributed by atoms with Gasteiger partial charge >= 0.3 is 0 Å². The van der Waals surface area contributed by atoms with Gasteiger partial charge in [-0.3, -0.25) is 0 Å². The molecule has 178 valence electrons. The van der Waals surface area contributed by atoms with Crippen molar-refractivity contribution in [1.82, 2.24) is 0 Å². The van der Waals surface area contributed by atoms with Crippen molar-refractivity contribution < 1.29 is 5.11 Å². The molecule has 0 aromatic heterocycles. The van der Waals surface area contributed by atoms with E-state index < -0.39 is 0 Å². The standard InChI is InChI=1S/C30H52O/c1-8-22(19(2)3)10-9-20(4)24-13-14-26-23-11-12-25-21(5)28(31)16-18-30(25,7)27(23)15-17-29(24,26)6/h19-22,24-25,27-28,31H,8-18H2,1-7H3/t20-,21+,22-,24-,25-,27+,28+,29-,30+/m1/s1. The van der Waals surface area contributed by atoms with Gasteiger partial charge in [0.2, 0.25) is 0 Å². The van der Waals surface area contributed by atoms with Crippen LogP contribution in [0.5, 0.6) is 0 Å². The van der Waals surface area contributed by atoms with Crippen molar-refractivity contribution in [2.24, 2.45) is 52.3 Å². The zero-order valence-electron chi connectivity index (χ0n) is 21.8. The van der Waals surface area contributed by atoms with E-state index in [2.05, 4.69) is 48.5 Å². The lowest BCUT2D eigenvalue weighted by Gasteiger charge is -2.58. The lowest BCUT2D eigenvalue weighted by molar-refractivity contribution is -0.0779. The second kappa shape index (κ2) is 8.81. The minimum atomic E-state index is -0.0596. The molecule has 0 aromatic carbocycles. The highest BCUT2D eigenvalue weighted by Gasteiger charge is 2.57. The molecule has 0 radical (unpaired) electrons. The average molecular weight is 429 g/mol. The van der Waals surface area contributed by atoms with Crippen LogP contribution in [0.25, 0.3) is 0 Å². The van der Waals surface area contributed by atoms with Gasteiger partial charge < -0.3 is 5.11 Å². The van der Waals surface area contributed by atoms with Crippen LogP contribution in [0.1, 0.15) is 119 Å². The molecule has 0 unspecified atom stereocenters. The fourth-order valence-corrected chi connectivity index (χ4v) is 9.58. The summed E-state index contributed by atoms with van der Waals surface area (Å²) >= 11 is 0. The average Bonchev–Trinajstić information content (AvgIpc) is 3.08. The smallest absolute Gasteiger partial charge is 0.0568 e. The molecule has 4 aliphatic carbocycles. The molecule has 0 spiro atoms. The van der Waals surface area contributed by atoms with Crippen LogP contribution in [0.2, 0.25) is 0 Å². The third-order valence-electron chi connectivity index (χ3n) is 11.7. The summed E-state index contributed by atoms with van der Waals surface area (Å²) in [6, 6.07) is 0. The van der Waals surface area contributed by atoms with Crippen LogP contribution in [-0.4, -0.2) is 11.2 Å². The minimum absolute atomic E-state index is 0.0596. The predicted octanol–water partition coefficient (Wildman–Crippen LogP) is 8.41. The fourth-order valence-electron chi connectivity index (χ4n) is 9.58. The van der Waals surface area contributed by atoms with E-state index in [0.717, 1.165) is 41.9 Å². The van der Waals surface area contributed by atoms with Crippen LogP contribution in [-0.2, 0) is 0 Å². The molecule has 3 fully saturated rings. The number of allylic oxidation sites excluding steroid dienone is 2. The zero-order chi connectivity index (χ0) is 22.6. The van der Waals surface area contributed by atoms with E-state index in [1.165, 1.54) is 64.2 Å². The maximum absolute atomic E-state index is 10.5. The first-order valence-electron chi connectivity index (χ1n) is 14.0. The number of rotatable bonds is 6. The Hall–Kier alpha value is -0.300. The van der Waals surface area contributed by atoms with Crippen LogP contribution >= 0.6 is 0 Å². The summed E-state index contributed by atoms with van der Waals surface area (Å²) in [6.45, 7) is 17.4. The Morgan fingerprint density at radius 3 is 2.39 bits per heavy atom. The van der Waals surface area contributed by atoms with E-state index in [4.69, 9.17) is 0 Å². The number of aliphatic hydroxyl groups excluding tert-OH is 1. The SMILES string of the molecule is CC[C@H](CC[C@@H](C)[C@H]1CCC2=C3CC[C@@H]4[C@H](C)[C@@H](O)CC[C@]4(C)[C@H]3CC[C@@]21C)C(C)C. The largest absolute Gasteiger partial charge is 0.393 e. The molecule has 3 saturated carbocycles. The van der Waals surface area contributed by atoms with E-state index in [9.17, 15) is 5.11 Å². The normalized spacial score (nSPS) is 44.6. The molecule has 0 heterocycles. The van der Waals surface area contributed by atoms with Gasteiger partial charge in [-0.1, -0.05) is 72.5 Å². The molecule has 0 amide bonds. The van der Waals surface area contributed by atoms with E-state index in [1.54, 1.807) is 0 Å². The molecule has 1 N–H and O–H groups in total. The van der Waals surface area contributed by atoms with Gasteiger partial charge in [-0.25, -0.2) is 0 Å². The summed E-state index contributed by atoms with van der Waals surface area (Å²) in [4.78, 5) is 0. The second-order valence-corrected chi connectivity index (χ2v) is 13.2. The molecule has 0 aliphatic heterocycles. The van der Waals surface area contributed by atoms with Gasteiger partial charge in [0.1, 0.15) is 0 Å². The van der Waals surface area contributed by atoms with Crippen LogP contribution in [0.15, 0.2) is 11.1 Å². The molecule has 0 aromatic rings. The summed E-state index contributed by atoms with van der Waals surface area (Å²) in [5.41, 5.74) is 4.76. The first-order valence-corrected chi connectivity index (χ1v) is 14.0.